The molecule has 3 rings (SSSR count). The number of hydrogen-bond donors (Lipinski definition) is 1. The van der Waals surface area contributed by atoms with E-state index in [1.807, 2.05) is 18.2 Å². The molecule has 2 aliphatic heterocycles. The SMILES string of the molecule is O=C(CN1C(=O)CNC1=O)N1CCN(C/C=C/c2ccccc2)CC1. The van der Waals surface area contributed by atoms with Gasteiger partial charge in [-0.25, -0.2) is 4.79 Å². The number of urea groups is 1. The second-order valence-electron chi connectivity index (χ2n) is 6.13. The van der Waals surface area contributed by atoms with E-state index in [4.69, 9.17) is 0 Å². The molecule has 2 aliphatic rings. The maximum atomic E-state index is 12.3. The predicted octanol–water partition coefficient (Wildman–Crippen LogP) is 0.396. The summed E-state index contributed by atoms with van der Waals surface area (Å²) in [6, 6.07) is 9.65. The van der Waals surface area contributed by atoms with Crippen LogP contribution < -0.4 is 5.32 Å². The van der Waals surface area contributed by atoms with Crippen molar-refractivity contribution in [1.29, 1.82) is 0 Å². The minimum Gasteiger partial charge on any atom is -0.339 e. The number of nitrogens with zero attached hydrogens (tertiary/aromatic N) is 3. The molecule has 0 radical (unpaired) electrons. The second kappa shape index (κ2) is 7.94. The average molecular weight is 342 g/mol. The molecule has 1 aromatic carbocycles. The van der Waals surface area contributed by atoms with Crippen LogP contribution in [-0.2, 0) is 9.59 Å². The lowest BCUT2D eigenvalue weighted by Gasteiger charge is -2.34. The first-order valence-corrected chi connectivity index (χ1v) is 8.43. The van der Waals surface area contributed by atoms with Crippen molar-refractivity contribution in [1.82, 2.24) is 20.0 Å². The fraction of sp³-hybridized carbons (Fsp3) is 0.389. The van der Waals surface area contributed by atoms with Gasteiger partial charge in [-0.15, -0.1) is 0 Å². The summed E-state index contributed by atoms with van der Waals surface area (Å²) >= 11 is 0. The van der Waals surface area contributed by atoms with Crippen LogP contribution in [0.4, 0.5) is 4.79 Å². The van der Waals surface area contributed by atoms with Crippen LogP contribution in [0.15, 0.2) is 36.4 Å². The van der Waals surface area contributed by atoms with Crippen LogP contribution in [0.3, 0.4) is 0 Å². The lowest BCUT2D eigenvalue weighted by atomic mass is 10.2. The summed E-state index contributed by atoms with van der Waals surface area (Å²) in [6.07, 6.45) is 4.22. The van der Waals surface area contributed by atoms with Crippen LogP contribution in [0, 0.1) is 0 Å². The number of nitrogens with one attached hydrogen (secondary N) is 1. The van der Waals surface area contributed by atoms with Crippen molar-refractivity contribution in [2.45, 2.75) is 0 Å². The van der Waals surface area contributed by atoms with E-state index >= 15 is 0 Å². The van der Waals surface area contributed by atoms with Crippen LogP contribution >= 0.6 is 0 Å². The van der Waals surface area contributed by atoms with Crippen molar-refractivity contribution in [2.24, 2.45) is 0 Å². The molecule has 132 valence electrons. The van der Waals surface area contributed by atoms with E-state index in [0.717, 1.165) is 24.5 Å². The van der Waals surface area contributed by atoms with E-state index in [-0.39, 0.29) is 24.9 Å². The molecule has 2 heterocycles. The van der Waals surface area contributed by atoms with E-state index in [2.05, 4.69) is 34.5 Å². The molecular weight excluding hydrogens is 320 g/mol. The highest BCUT2D eigenvalue weighted by Crippen LogP contribution is 2.07. The number of rotatable bonds is 5. The zero-order valence-corrected chi connectivity index (χ0v) is 14.1. The summed E-state index contributed by atoms with van der Waals surface area (Å²) in [7, 11) is 0. The van der Waals surface area contributed by atoms with Gasteiger partial charge in [0.1, 0.15) is 6.54 Å². The summed E-state index contributed by atoms with van der Waals surface area (Å²) in [5, 5.41) is 2.42. The molecule has 1 aromatic rings. The second-order valence-corrected chi connectivity index (χ2v) is 6.13. The van der Waals surface area contributed by atoms with Crippen molar-refractivity contribution in [3.8, 4) is 0 Å². The first-order chi connectivity index (χ1) is 12.1. The van der Waals surface area contributed by atoms with Gasteiger partial charge in [0.2, 0.25) is 5.91 Å². The van der Waals surface area contributed by atoms with E-state index in [0.29, 0.717) is 13.1 Å². The van der Waals surface area contributed by atoms with Gasteiger partial charge in [0, 0.05) is 32.7 Å². The smallest absolute Gasteiger partial charge is 0.325 e. The Morgan fingerprint density at radius 2 is 1.80 bits per heavy atom. The summed E-state index contributed by atoms with van der Waals surface area (Å²) in [5.41, 5.74) is 1.17. The van der Waals surface area contributed by atoms with Gasteiger partial charge in [0.25, 0.3) is 5.91 Å². The predicted molar refractivity (Wildman–Crippen MR) is 93.6 cm³/mol. The number of piperazine rings is 1. The van der Waals surface area contributed by atoms with Gasteiger partial charge in [-0.05, 0) is 5.56 Å². The Kier molecular flexibility index (Phi) is 5.45. The molecule has 0 spiro atoms. The highest BCUT2D eigenvalue weighted by Gasteiger charge is 2.32. The molecule has 2 fully saturated rings. The summed E-state index contributed by atoms with van der Waals surface area (Å²) in [4.78, 5) is 40.3. The first kappa shape index (κ1) is 17.2. The van der Waals surface area contributed by atoms with Gasteiger partial charge in [0.05, 0.1) is 6.54 Å². The minimum atomic E-state index is -0.483. The summed E-state index contributed by atoms with van der Waals surface area (Å²) < 4.78 is 0. The van der Waals surface area contributed by atoms with Crippen molar-refractivity contribution in [3.05, 3.63) is 42.0 Å². The third-order valence-corrected chi connectivity index (χ3v) is 4.43. The summed E-state index contributed by atoms with van der Waals surface area (Å²) in [5.74, 6) is -0.520. The van der Waals surface area contributed by atoms with Gasteiger partial charge in [-0.3, -0.25) is 19.4 Å². The van der Waals surface area contributed by atoms with Gasteiger partial charge >= 0.3 is 6.03 Å². The number of hydrogen-bond acceptors (Lipinski definition) is 4. The van der Waals surface area contributed by atoms with Crippen LogP contribution in [-0.4, -0.2) is 78.4 Å². The van der Waals surface area contributed by atoms with E-state index in [1.54, 1.807) is 4.90 Å². The quantitative estimate of drug-likeness (QED) is 0.786. The third-order valence-electron chi connectivity index (χ3n) is 4.43. The normalized spacial score (nSPS) is 18.9. The molecule has 7 nitrogen and oxygen atoms in total. The maximum absolute atomic E-state index is 12.3. The average Bonchev–Trinajstić information content (AvgIpc) is 2.95. The van der Waals surface area contributed by atoms with Crippen molar-refractivity contribution in [2.75, 3.05) is 45.8 Å². The Hall–Kier alpha value is -2.67. The molecule has 2 saturated heterocycles. The van der Waals surface area contributed by atoms with Crippen LogP contribution in [0.1, 0.15) is 5.56 Å². The number of carbonyl (C=O) groups excluding carboxylic acids is 3. The zero-order chi connectivity index (χ0) is 17.6. The van der Waals surface area contributed by atoms with E-state index in [9.17, 15) is 14.4 Å². The monoisotopic (exact) mass is 342 g/mol. The molecular formula is C18H22N4O3. The van der Waals surface area contributed by atoms with Gasteiger partial charge in [-0.1, -0.05) is 42.5 Å². The number of carbonyl (C=O) groups is 3. The van der Waals surface area contributed by atoms with Crippen LogP contribution in [0.5, 0.6) is 0 Å². The Morgan fingerprint density at radius 3 is 2.44 bits per heavy atom. The minimum absolute atomic E-state index is 0.0202. The molecule has 0 unspecified atom stereocenters. The van der Waals surface area contributed by atoms with Gasteiger partial charge < -0.3 is 10.2 Å². The highest BCUT2D eigenvalue weighted by atomic mass is 16.2. The van der Waals surface area contributed by atoms with Gasteiger partial charge in [0.15, 0.2) is 0 Å². The zero-order valence-electron chi connectivity index (χ0n) is 14.1. The largest absolute Gasteiger partial charge is 0.339 e. The van der Waals surface area contributed by atoms with Crippen molar-refractivity contribution >= 4 is 23.9 Å². The first-order valence-electron chi connectivity index (χ1n) is 8.43. The molecule has 0 aliphatic carbocycles. The third kappa shape index (κ3) is 4.45. The topological polar surface area (TPSA) is 73.0 Å². The molecule has 25 heavy (non-hydrogen) atoms. The highest BCUT2D eigenvalue weighted by molar-refractivity contribution is 6.04. The maximum Gasteiger partial charge on any atom is 0.325 e. The number of benzene rings is 1. The molecule has 7 heteroatoms. The van der Waals surface area contributed by atoms with Crippen molar-refractivity contribution in [3.63, 3.8) is 0 Å². The van der Waals surface area contributed by atoms with Crippen LogP contribution in [0.25, 0.3) is 6.08 Å². The van der Waals surface area contributed by atoms with E-state index < -0.39 is 6.03 Å². The fourth-order valence-corrected chi connectivity index (χ4v) is 2.93. The molecule has 0 saturated carbocycles. The molecule has 4 amide bonds. The van der Waals surface area contributed by atoms with Gasteiger partial charge in [-0.2, -0.15) is 0 Å². The van der Waals surface area contributed by atoms with Crippen LogP contribution in [0.2, 0.25) is 0 Å². The Balaban J connectivity index is 1.42. The Morgan fingerprint density at radius 1 is 1.08 bits per heavy atom. The Bertz CT molecular complexity index is 650. The standard InChI is InChI=1S/C18H22N4O3/c23-16-13-19-18(25)22(16)14-17(24)21-11-9-20(10-12-21)8-4-7-15-5-2-1-3-6-15/h1-7H,8-14H2,(H,19,25)/b7-4+. The Labute approximate surface area is 146 Å². The molecule has 0 atom stereocenters. The van der Waals surface area contributed by atoms with Crippen molar-refractivity contribution < 1.29 is 14.4 Å². The molecule has 0 aromatic heterocycles. The molecule has 0 bridgehead atoms. The fourth-order valence-electron chi connectivity index (χ4n) is 2.93. The lowest BCUT2D eigenvalue weighted by Crippen LogP contribution is -2.51. The van der Waals surface area contributed by atoms with E-state index in [1.165, 1.54) is 5.56 Å². The number of amides is 4. The summed E-state index contributed by atoms with van der Waals surface area (Å²) in [6.45, 7) is 3.44. The lowest BCUT2D eigenvalue weighted by molar-refractivity contribution is -0.137. The number of imide groups is 1. The molecule has 1 N–H and O–H groups in total.